The molecule has 5 nitrogen and oxygen atoms in total. The summed E-state index contributed by atoms with van der Waals surface area (Å²) in [6.45, 7) is 3.54. The fraction of sp³-hybridized carbons (Fsp3) is 0.588. The molecular weight excluding hydrogens is 278 g/mol. The highest BCUT2D eigenvalue weighted by atomic mass is 16.5. The first kappa shape index (κ1) is 15.0. The molecule has 118 valence electrons. The smallest absolute Gasteiger partial charge is 0.228 e. The molecule has 1 amide bonds. The fourth-order valence-corrected chi connectivity index (χ4v) is 3.42. The van der Waals surface area contributed by atoms with Crippen LogP contribution in [0.2, 0.25) is 0 Å². The van der Waals surface area contributed by atoms with E-state index in [1.165, 1.54) is 0 Å². The molecule has 0 radical (unpaired) electrons. The summed E-state index contributed by atoms with van der Waals surface area (Å²) in [6, 6.07) is 0. The Morgan fingerprint density at radius 1 is 1.27 bits per heavy atom. The number of rotatable bonds is 2. The van der Waals surface area contributed by atoms with Gasteiger partial charge in [-0.15, -0.1) is 0 Å². The number of hydrogen-bond donors (Lipinski definition) is 0. The van der Waals surface area contributed by atoms with Gasteiger partial charge >= 0.3 is 0 Å². The standard InChI is InChI=1S/C17H23N3O2/c1-17(8-4-3-5-9-17)16(21)20-10-6-13-14(7-11-20)18-12-19-15(13)22-2/h3-4,12H,5-11H2,1-2H3. The summed E-state index contributed by atoms with van der Waals surface area (Å²) in [4.78, 5) is 23.5. The largest absolute Gasteiger partial charge is 0.481 e. The van der Waals surface area contributed by atoms with Crippen molar-refractivity contribution in [1.82, 2.24) is 14.9 Å². The van der Waals surface area contributed by atoms with Gasteiger partial charge in [0.25, 0.3) is 0 Å². The zero-order valence-corrected chi connectivity index (χ0v) is 13.3. The zero-order valence-electron chi connectivity index (χ0n) is 13.3. The molecule has 0 spiro atoms. The highest BCUT2D eigenvalue weighted by Crippen LogP contribution is 2.35. The Hall–Kier alpha value is -1.91. The second kappa shape index (κ2) is 6.07. The normalized spacial score (nSPS) is 24.5. The van der Waals surface area contributed by atoms with E-state index in [0.717, 1.165) is 56.5 Å². The molecule has 1 aromatic rings. The highest BCUT2D eigenvalue weighted by Gasteiger charge is 2.37. The number of methoxy groups -OCH3 is 1. The lowest BCUT2D eigenvalue weighted by Crippen LogP contribution is -2.44. The summed E-state index contributed by atoms with van der Waals surface area (Å²) >= 11 is 0. The van der Waals surface area contributed by atoms with Gasteiger partial charge in [0.05, 0.1) is 18.2 Å². The van der Waals surface area contributed by atoms with Crippen molar-refractivity contribution in [2.24, 2.45) is 5.41 Å². The van der Waals surface area contributed by atoms with Gasteiger partial charge in [-0.1, -0.05) is 19.1 Å². The maximum Gasteiger partial charge on any atom is 0.228 e. The molecule has 0 saturated heterocycles. The van der Waals surface area contributed by atoms with Gasteiger partial charge in [-0.3, -0.25) is 4.79 Å². The average molecular weight is 301 g/mol. The predicted octanol–water partition coefficient (Wildman–Crippen LogP) is 2.16. The summed E-state index contributed by atoms with van der Waals surface area (Å²) in [7, 11) is 1.63. The molecule has 0 saturated carbocycles. The van der Waals surface area contributed by atoms with Crippen LogP contribution in [-0.4, -0.2) is 41.0 Å². The first-order valence-corrected chi connectivity index (χ1v) is 7.95. The third-order valence-electron chi connectivity index (χ3n) is 4.84. The average Bonchev–Trinajstić information content (AvgIpc) is 2.77. The molecule has 1 aliphatic carbocycles. The Bertz CT molecular complexity index is 600. The van der Waals surface area contributed by atoms with Crippen LogP contribution < -0.4 is 4.74 Å². The molecule has 3 rings (SSSR count). The zero-order chi connectivity index (χ0) is 15.6. The molecule has 1 aromatic heterocycles. The number of nitrogens with zero attached hydrogens (tertiary/aromatic N) is 3. The third kappa shape index (κ3) is 2.72. The van der Waals surface area contributed by atoms with E-state index in [1.54, 1.807) is 13.4 Å². The Balaban J connectivity index is 1.77. The van der Waals surface area contributed by atoms with Gasteiger partial charge in [0.1, 0.15) is 6.33 Å². The number of amides is 1. The van der Waals surface area contributed by atoms with Crippen molar-refractivity contribution in [3.63, 3.8) is 0 Å². The maximum atomic E-state index is 13.0. The minimum absolute atomic E-state index is 0.249. The van der Waals surface area contributed by atoms with E-state index >= 15 is 0 Å². The number of hydrogen-bond acceptors (Lipinski definition) is 4. The van der Waals surface area contributed by atoms with E-state index in [9.17, 15) is 4.79 Å². The second-order valence-corrected chi connectivity index (χ2v) is 6.38. The minimum atomic E-state index is -0.249. The molecular formula is C17H23N3O2. The van der Waals surface area contributed by atoms with Crippen molar-refractivity contribution >= 4 is 5.91 Å². The van der Waals surface area contributed by atoms with Gasteiger partial charge < -0.3 is 9.64 Å². The summed E-state index contributed by atoms with van der Waals surface area (Å²) in [5.41, 5.74) is 1.81. The third-order valence-corrected chi connectivity index (χ3v) is 4.84. The van der Waals surface area contributed by atoms with Crippen LogP contribution in [0.5, 0.6) is 5.88 Å². The minimum Gasteiger partial charge on any atom is -0.481 e. The number of carbonyl (C=O) groups excluding carboxylic acids is 1. The first-order chi connectivity index (χ1) is 10.6. The van der Waals surface area contributed by atoms with Gasteiger partial charge in [0.15, 0.2) is 0 Å². The van der Waals surface area contributed by atoms with Gasteiger partial charge in [0, 0.05) is 25.1 Å². The van der Waals surface area contributed by atoms with Crippen LogP contribution in [0.4, 0.5) is 0 Å². The topological polar surface area (TPSA) is 55.3 Å². The Labute approximate surface area is 131 Å². The number of fused-ring (bicyclic) bond motifs is 1. The van der Waals surface area contributed by atoms with Crippen molar-refractivity contribution in [1.29, 1.82) is 0 Å². The van der Waals surface area contributed by atoms with Gasteiger partial charge in [-0.25, -0.2) is 9.97 Å². The quantitative estimate of drug-likeness (QED) is 0.786. The van der Waals surface area contributed by atoms with Crippen molar-refractivity contribution < 1.29 is 9.53 Å². The van der Waals surface area contributed by atoms with Crippen LogP contribution in [-0.2, 0) is 17.6 Å². The summed E-state index contributed by atoms with van der Waals surface area (Å²) in [5, 5.41) is 0. The number of ether oxygens (including phenoxy) is 1. The number of allylic oxidation sites excluding steroid dienone is 2. The molecule has 0 bridgehead atoms. The number of aromatic nitrogens is 2. The Kier molecular flexibility index (Phi) is 4.14. The lowest BCUT2D eigenvalue weighted by Gasteiger charge is -2.35. The summed E-state index contributed by atoms with van der Waals surface area (Å²) in [6.07, 6.45) is 10.2. The molecule has 1 aliphatic heterocycles. The van der Waals surface area contributed by atoms with Gasteiger partial charge in [0.2, 0.25) is 11.8 Å². The molecule has 0 fully saturated rings. The molecule has 1 atom stereocenters. The van der Waals surface area contributed by atoms with Crippen LogP contribution in [0.3, 0.4) is 0 Å². The monoisotopic (exact) mass is 301 g/mol. The van der Waals surface area contributed by atoms with E-state index in [2.05, 4.69) is 29.0 Å². The fourth-order valence-electron chi connectivity index (χ4n) is 3.42. The highest BCUT2D eigenvalue weighted by molar-refractivity contribution is 5.83. The molecule has 0 N–H and O–H groups in total. The predicted molar refractivity (Wildman–Crippen MR) is 83.7 cm³/mol. The molecule has 1 unspecified atom stereocenters. The van der Waals surface area contributed by atoms with Crippen molar-refractivity contribution in [3.05, 3.63) is 29.7 Å². The Morgan fingerprint density at radius 2 is 2.09 bits per heavy atom. The van der Waals surface area contributed by atoms with E-state index < -0.39 is 0 Å². The molecule has 22 heavy (non-hydrogen) atoms. The van der Waals surface area contributed by atoms with E-state index in [1.807, 2.05) is 4.90 Å². The maximum absolute atomic E-state index is 13.0. The van der Waals surface area contributed by atoms with Crippen LogP contribution in [0.15, 0.2) is 18.5 Å². The van der Waals surface area contributed by atoms with Crippen LogP contribution >= 0.6 is 0 Å². The molecule has 2 heterocycles. The molecule has 0 aromatic carbocycles. The van der Waals surface area contributed by atoms with Crippen molar-refractivity contribution in [2.45, 2.75) is 39.0 Å². The van der Waals surface area contributed by atoms with Gasteiger partial charge in [-0.05, 0) is 25.7 Å². The Morgan fingerprint density at radius 3 is 2.82 bits per heavy atom. The van der Waals surface area contributed by atoms with Gasteiger partial charge in [-0.2, -0.15) is 0 Å². The van der Waals surface area contributed by atoms with E-state index in [0.29, 0.717) is 5.88 Å². The van der Waals surface area contributed by atoms with Crippen molar-refractivity contribution in [2.75, 3.05) is 20.2 Å². The van der Waals surface area contributed by atoms with Crippen molar-refractivity contribution in [3.8, 4) is 5.88 Å². The molecule has 5 heteroatoms. The lowest BCUT2D eigenvalue weighted by molar-refractivity contribution is -0.141. The van der Waals surface area contributed by atoms with E-state index in [-0.39, 0.29) is 11.3 Å². The molecule has 2 aliphatic rings. The lowest BCUT2D eigenvalue weighted by atomic mass is 9.77. The second-order valence-electron chi connectivity index (χ2n) is 6.38. The van der Waals surface area contributed by atoms with Crippen LogP contribution in [0, 0.1) is 5.41 Å². The SMILES string of the molecule is COc1ncnc2c1CCN(C(=O)C1(C)CC=CCC1)CC2. The summed E-state index contributed by atoms with van der Waals surface area (Å²) in [5.74, 6) is 0.919. The summed E-state index contributed by atoms with van der Waals surface area (Å²) < 4.78 is 5.34. The van der Waals surface area contributed by atoms with Crippen LogP contribution in [0.25, 0.3) is 0 Å². The van der Waals surface area contributed by atoms with E-state index in [4.69, 9.17) is 4.74 Å². The van der Waals surface area contributed by atoms with Crippen LogP contribution in [0.1, 0.15) is 37.4 Å². The number of carbonyl (C=O) groups is 1. The first-order valence-electron chi connectivity index (χ1n) is 7.95.